The fourth-order valence-electron chi connectivity index (χ4n) is 3.60. The first-order chi connectivity index (χ1) is 10.2. The summed E-state index contributed by atoms with van der Waals surface area (Å²) in [6.45, 7) is 3.44. The van der Waals surface area contributed by atoms with Gasteiger partial charge < -0.3 is 20.3 Å². The highest BCUT2D eigenvalue weighted by molar-refractivity contribution is 5.82. The van der Waals surface area contributed by atoms with Crippen LogP contribution in [0.1, 0.15) is 38.5 Å². The smallest absolute Gasteiger partial charge is 0.237 e. The van der Waals surface area contributed by atoms with E-state index >= 15 is 0 Å². The number of fused-ring (bicyclic) bond motifs is 1. The quantitative estimate of drug-likeness (QED) is 0.656. The second-order valence-electron chi connectivity index (χ2n) is 6.55. The fourth-order valence-corrected chi connectivity index (χ4v) is 3.60. The lowest BCUT2D eigenvalue weighted by Crippen LogP contribution is -2.45. The molecule has 1 aliphatic heterocycles. The first kappa shape index (κ1) is 16.7. The van der Waals surface area contributed by atoms with E-state index in [1.165, 1.54) is 25.7 Å². The van der Waals surface area contributed by atoms with Crippen molar-refractivity contribution in [3.63, 3.8) is 0 Å². The number of methoxy groups -OCH3 is 1. The Morgan fingerprint density at radius 3 is 2.90 bits per heavy atom. The van der Waals surface area contributed by atoms with Crippen molar-refractivity contribution in [2.75, 3.05) is 40.4 Å². The average Bonchev–Trinajstić information content (AvgIpc) is 2.91. The number of likely N-dealkylation sites (N-methyl/N-ethyl adjacent to an activating group) is 1. The van der Waals surface area contributed by atoms with Crippen LogP contribution in [0.2, 0.25) is 0 Å². The highest BCUT2D eigenvalue weighted by Crippen LogP contribution is 2.33. The Hall–Kier alpha value is -0.650. The standard InChI is InChI=1S/C16H31N3O2/c1-19(9-5-11-21-2)10-8-17-16(20)15-12-13-6-3-4-7-14(13)18-15/h13-15,18H,3-12H2,1-2H3,(H,17,20). The Morgan fingerprint density at radius 1 is 1.33 bits per heavy atom. The van der Waals surface area contributed by atoms with Gasteiger partial charge in [-0.05, 0) is 38.6 Å². The summed E-state index contributed by atoms with van der Waals surface area (Å²) in [6.07, 6.45) is 7.26. The van der Waals surface area contributed by atoms with Crippen molar-refractivity contribution < 1.29 is 9.53 Å². The van der Waals surface area contributed by atoms with Gasteiger partial charge in [-0.1, -0.05) is 12.8 Å². The third kappa shape index (κ3) is 5.24. The summed E-state index contributed by atoms with van der Waals surface area (Å²) in [5.41, 5.74) is 0. The molecule has 2 rings (SSSR count). The number of ether oxygens (including phenoxy) is 1. The number of hydrogen-bond donors (Lipinski definition) is 2. The van der Waals surface area contributed by atoms with Crippen LogP contribution in [0.5, 0.6) is 0 Å². The van der Waals surface area contributed by atoms with Crippen LogP contribution in [0, 0.1) is 5.92 Å². The number of rotatable bonds is 8. The molecule has 1 aliphatic carbocycles. The van der Waals surface area contributed by atoms with Crippen molar-refractivity contribution in [2.45, 2.75) is 50.6 Å². The summed E-state index contributed by atoms with van der Waals surface area (Å²) in [4.78, 5) is 14.5. The zero-order chi connectivity index (χ0) is 15.1. The molecule has 1 saturated carbocycles. The molecule has 122 valence electrons. The second-order valence-corrected chi connectivity index (χ2v) is 6.55. The van der Waals surface area contributed by atoms with Gasteiger partial charge in [-0.25, -0.2) is 0 Å². The number of carbonyl (C=O) groups excluding carboxylic acids is 1. The summed E-state index contributed by atoms with van der Waals surface area (Å²) in [5.74, 6) is 0.918. The van der Waals surface area contributed by atoms with Crippen LogP contribution in [-0.4, -0.2) is 63.3 Å². The van der Waals surface area contributed by atoms with Gasteiger partial charge in [0.1, 0.15) is 0 Å². The van der Waals surface area contributed by atoms with Gasteiger partial charge in [-0.15, -0.1) is 0 Å². The normalized spacial score (nSPS) is 28.6. The molecule has 0 aromatic rings. The number of nitrogens with zero attached hydrogens (tertiary/aromatic N) is 1. The first-order valence-corrected chi connectivity index (χ1v) is 8.42. The molecule has 1 amide bonds. The van der Waals surface area contributed by atoms with Crippen molar-refractivity contribution in [2.24, 2.45) is 5.92 Å². The summed E-state index contributed by atoms with van der Waals surface area (Å²) in [5, 5.41) is 6.61. The molecule has 5 heteroatoms. The van der Waals surface area contributed by atoms with Gasteiger partial charge in [-0.3, -0.25) is 4.79 Å². The SMILES string of the molecule is COCCCN(C)CCNC(=O)C1CC2CCCCC2N1. The molecule has 0 radical (unpaired) electrons. The molecule has 2 fully saturated rings. The number of nitrogens with one attached hydrogen (secondary N) is 2. The van der Waals surface area contributed by atoms with Crippen LogP contribution < -0.4 is 10.6 Å². The molecular weight excluding hydrogens is 266 g/mol. The maximum Gasteiger partial charge on any atom is 0.237 e. The molecular formula is C16H31N3O2. The zero-order valence-corrected chi connectivity index (χ0v) is 13.6. The van der Waals surface area contributed by atoms with E-state index < -0.39 is 0 Å². The van der Waals surface area contributed by atoms with E-state index in [-0.39, 0.29) is 11.9 Å². The highest BCUT2D eigenvalue weighted by atomic mass is 16.5. The summed E-state index contributed by atoms with van der Waals surface area (Å²) in [6, 6.07) is 0.628. The molecule has 2 N–H and O–H groups in total. The zero-order valence-electron chi connectivity index (χ0n) is 13.6. The lowest BCUT2D eigenvalue weighted by Gasteiger charge is -2.24. The molecule has 3 unspecified atom stereocenters. The van der Waals surface area contributed by atoms with Crippen LogP contribution in [0.3, 0.4) is 0 Å². The number of hydrogen-bond acceptors (Lipinski definition) is 4. The van der Waals surface area contributed by atoms with Gasteiger partial charge in [0.25, 0.3) is 0 Å². The Morgan fingerprint density at radius 2 is 2.14 bits per heavy atom. The third-order valence-corrected chi connectivity index (χ3v) is 4.86. The van der Waals surface area contributed by atoms with Crippen molar-refractivity contribution in [3.05, 3.63) is 0 Å². The van der Waals surface area contributed by atoms with E-state index in [1.54, 1.807) is 7.11 Å². The van der Waals surface area contributed by atoms with Crippen LogP contribution in [0.4, 0.5) is 0 Å². The Kier molecular flexibility index (Phi) is 6.93. The minimum Gasteiger partial charge on any atom is -0.385 e. The fraction of sp³-hybridized carbons (Fsp3) is 0.938. The van der Waals surface area contributed by atoms with Crippen molar-refractivity contribution in [1.29, 1.82) is 0 Å². The molecule has 21 heavy (non-hydrogen) atoms. The minimum absolute atomic E-state index is 0.0388. The molecule has 0 spiro atoms. The van der Waals surface area contributed by atoms with E-state index in [0.29, 0.717) is 6.04 Å². The van der Waals surface area contributed by atoms with Crippen molar-refractivity contribution >= 4 is 5.91 Å². The Bertz CT molecular complexity index is 311. The maximum atomic E-state index is 12.2. The minimum atomic E-state index is 0.0388. The average molecular weight is 297 g/mol. The van der Waals surface area contributed by atoms with E-state index in [0.717, 1.165) is 45.0 Å². The van der Waals surface area contributed by atoms with Crippen LogP contribution in [0.15, 0.2) is 0 Å². The summed E-state index contributed by atoms with van der Waals surface area (Å²) < 4.78 is 5.04. The van der Waals surface area contributed by atoms with E-state index in [2.05, 4.69) is 22.6 Å². The molecule has 5 nitrogen and oxygen atoms in total. The van der Waals surface area contributed by atoms with E-state index in [4.69, 9.17) is 4.74 Å². The van der Waals surface area contributed by atoms with Gasteiger partial charge in [0.2, 0.25) is 5.91 Å². The number of amides is 1. The molecule has 2 aliphatic rings. The summed E-state index contributed by atoms with van der Waals surface area (Å²) >= 11 is 0. The lowest BCUT2D eigenvalue weighted by atomic mass is 9.85. The van der Waals surface area contributed by atoms with Crippen LogP contribution >= 0.6 is 0 Å². The van der Waals surface area contributed by atoms with Gasteiger partial charge in [0.05, 0.1) is 6.04 Å². The predicted molar refractivity (Wildman–Crippen MR) is 84.3 cm³/mol. The predicted octanol–water partition coefficient (Wildman–Crippen LogP) is 0.992. The van der Waals surface area contributed by atoms with Gasteiger partial charge in [0.15, 0.2) is 0 Å². The largest absolute Gasteiger partial charge is 0.385 e. The lowest BCUT2D eigenvalue weighted by molar-refractivity contribution is -0.122. The topological polar surface area (TPSA) is 53.6 Å². The summed E-state index contributed by atoms with van der Waals surface area (Å²) in [7, 11) is 3.82. The third-order valence-electron chi connectivity index (χ3n) is 4.86. The van der Waals surface area contributed by atoms with Crippen LogP contribution in [0.25, 0.3) is 0 Å². The maximum absolute atomic E-state index is 12.2. The van der Waals surface area contributed by atoms with E-state index in [9.17, 15) is 4.79 Å². The first-order valence-electron chi connectivity index (χ1n) is 8.42. The number of carbonyl (C=O) groups is 1. The molecule has 0 bridgehead atoms. The van der Waals surface area contributed by atoms with E-state index in [1.807, 2.05) is 0 Å². The molecule has 1 saturated heterocycles. The van der Waals surface area contributed by atoms with Crippen molar-refractivity contribution in [3.8, 4) is 0 Å². The Labute approximate surface area is 128 Å². The highest BCUT2D eigenvalue weighted by Gasteiger charge is 2.37. The Balaban J connectivity index is 1.59. The molecule has 1 heterocycles. The van der Waals surface area contributed by atoms with Gasteiger partial charge in [0, 0.05) is 39.4 Å². The van der Waals surface area contributed by atoms with Crippen LogP contribution in [-0.2, 0) is 9.53 Å². The van der Waals surface area contributed by atoms with Gasteiger partial charge in [-0.2, -0.15) is 0 Å². The molecule has 0 aromatic heterocycles. The monoisotopic (exact) mass is 297 g/mol. The van der Waals surface area contributed by atoms with Crippen molar-refractivity contribution in [1.82, 2.24) is 15.5 Å². The second kappa shape index (κ2) is 8.71. The molecule has 0 aromatic carbocycles. The van der Waals surface area contributed by atoms with Gasteiger partial charge >= 0.3 is 0 Å². The molecule has 3 atom stereocenters.